The van der Waals surface area contributed by atoms with Gasteiger partial charge in [-0.05, 0) is 36.4 Å². The molecule has 1 aliphatic heterocycles. The minimum Gasteiger partial charge on any atom is -0.463 e. The van der Waals surface area contributed by atoms with E-state index >= 15 is 0 Å². The molecule has 1 saturated heterocycles. The van der Waals surface area contributed by atoms with Crippen molar-refractivity contribution in [2.45, 2.75) is 0 Å². The van der Waals surface area contributed by atoms with E-state index in [0.29, 0.717) is 34.7 Å². The third-order valence-electron chi connectivity index (χ3n) is 4.09. The number of thiazole rings is 1. The van der Waals surface area contributed by atoms with E-state index in [4.69, 9.17) is 16.0 Å². The normalized spacial score (nSPS) is 14.0. The van der Waals surface area contributed by atoms with Crippen molar-refractivity contribution in [3.05, 3.63) is 53.1 Å². The van der Waals surface area contributed by atoms with Crippen LogP contribution in [0.25, 0.3) is 11.5 Å². The zero-order chi connectivity index (χ0) is 18.8. The average molecular weight is 403 g/mol. The Kier molecular flexibility index (Phi) is 4.83. The number of nitrogens with one attached hydrogen (secondary N) is 1. The predicted octanol–water partition coefficient (Wildman–Crippen LogP) is 3.94. The predicted molar refractivity (Wildman–Crippen MR) is 104 cm³/mol. The molecule has 4 rings (SSSR count). The first-order valence-electron chi connectivity index (χ1n) is 8.21. The Morgan fingerprint density at radius 1 is 1.26 bits per heavy atom. The van der Waals surface area contributed by atoms with Gasteiger partial charge in [0.15, 0.2) is 10.9 Å². The largest absolute Gasteiger partial charge is 0.463 e. The molecule has 0 saturated carbocycles. The summed E-state index contributed by atoms with van der Waals surface area (Å²) in [5, 5.41) is 5.61. The number of amides is 3. The number of halogens is 1. The number of nitrogens with zero attached hydrogens (tertiary/aromatic N) is 3. The van der Waals surface area contributed by atoms with Gasteiger partial charge in [-0.3, -0.25) is 9.69 Å². The third kappa shape index (κ3) is 3.81. The lowest BCUT2D eigenvalue weighted by Gasteiger charge is -2.18. The topological polar surface area (TPSA) is 78.7 Å². The molecule has 0 radical (unpaired) electrons. The molecular weight excluding hydrogens is 388 g/mol. The first-order chi connectivity index (χ1) is 13.1. The van der Waals surface area contributed by atoms with Crippen LogP contribution in [0, 0.1) is 0 Å². The second-order valence-corrected chi connectivity index (χ2v) is 7.19. The minimum absolute atomic E-state index is 0.0292. The van der Waals surface area contributed by atoms with Crippen LogP contribution >= 0.6 is 22.9 Å². The van der Waals surface area contributed by atoms with Gasteiger partial charge in [-0.15, -0.1) is 11.3 Å². The molecule has 7 nitrogen and oxygen atoms in total. The molecule has 9 heteroatoms. The van der Waals surface area contributed by atoms with Gasteiger partial charge in [-0.25, -0.2) is 9.78 Å². The maximum Gasteiger partial charge on any atom is 0.325 e. The van der Waals surface area contributed by atoms with Crippen LogP contribution in [0.5, 0.6) is 0 Å². The van der Waals surface area contributed by atoms with E-state index in [2.05, 4.69) is 10.3 Å². The molecule has 1 aliphatic rings. The highest BCUT2D eigenvalue weighted by Gasteiger charge is 2.30. The van der Waals surface area contributed by atoms with Crippen LogP contribution in [0.2, 0.25) is 5.02 Å². The molecule has 0 aliphatic carbocycles. The number of aromatic nitrogens is 1. The number of benzene rings is 1. The van der Waals surface area contributed by atoms with Crippen LogP contribution < -0.4 is 10.2 Å². The Labute approximate surface area is 164 Å². The monoisotopic (exact) mass is 402 g/mol. The van der Waals surface area contributed by atoms with Crippen LogP contribution in [0.3, 0.4) is 0 Å². The van der Waals surface area contributed by atoms with Gasteiger partial charge >= 0.3 is 6.03 Å². The fraction of sp³-hybridized carbons (Fsp3) is 0.167. The highest BCUT2D eigenvalue weighted by Crippen LogP contribution is 2.25. The van der Waals surface area contributed by atoms with Gasteiger partial charge in [0.1, 0.15) is 12.2 Å². The number of anilines is 2. The van der Waals surface area contributed by atoms with Crippen molar-refractivity contribution in [2.24, 2.45) is 0 Å². The van der Waals surface area contributed by atoms with Gasteiger partial charge in [0, 0.05) is 29.2 Å². The Morgan fingerprint density at radius 2 is 2.07 bits per heavy atom. The van der Waals surface area contributed by atoms with Crippen molar-refractivity contribution >= 4 is 45.7 Å². The lowest BCUT2D eigenvalue weighted by Crippen LogP contribution is -2.37. The van der Waals surface area contributed by atoms with Crippen LogP contribution in [-0.2, 0) is 4.79 Å². The maximum atomic E-state index is 12.6. The number of carbonyl (C=O) groups excluding carboxylic acids is 2. The smallest absolute Gasteiger partial charge is 0.325 e. The standard InChI is InChI=1S/C18H15ClN4O3S/c19-12-3-5-13(6-4-12)23-8-7-22(18(23)25)10-16(24)21-17-20-14(11-27-17)15-2-1-9-26-15/h1-6,9,11H,7-8,10H2,(H,20,21,24). The Bertz CT molecular complexity index is 955. The number of carbonyl (C=O) groups is 2. The number of hydrogen-bond acceptors (Lipinski definition) is 5. The number of hydrogen-bond donors (Lipinski definition) is 1. The van der Waals surface area contributed by atoms with Gasteiger partial charge in [0.25, 0.3) is 0 Å². The SMILES string of the molecule is O=C(CN1CCN(c2ccc(Cl)cc2)C1=O)Nc1nc(-c2ccco2)cs1. The third-order valence-corrected chi connectivity index (χ3v) is 5.10. The Hall–Kier alpha value is -2.84. The van der Waals surface area contributed by atoms with E-state index < -0.39 is 0 Å². The summed E-state index contributed by atoms with van der Waals surface area (Å²) < 4.78 is 5.29. The second-order valence-electron chi connectivity index (χ2n) is 5.90. The zero-order valence-corrected chi connectivity index (χ0v) is 15.7. The molecule has 1 aromatic carbocycles. The number of furan rings is 1. The van der Waals surface area contributed by atoms with Crippen molar-refractivity contribution < 1.29 is 14.0 Å². The Morgan fingerprint density at radius 3 is 2.81 bits per heavy atom. The molecule has 3 amide bonds. The summed E-state index contributed by atoms with van der Waals surface area (Å²) in [4.78, 5) is 32.3. The van der Waals surface area contributed by atoms with E-state index in [9.17, 15) is 9.59 Å². The first-order valence-corrected chi connectivity index (χ1v) is 9.47. The van der Waals surface area contributed by atoms with Gasteiger partial charge in [0.2, 0.25) is 5.91 Å². The van der Waals surface area contributed by atoms with Crippen LogP contribution in [0.4, 0.5) is 15.6 Å². The van der Waals surface area contributed by atoms with E-state index in [1.807, 2.05) is 0 Å². The lowest BCUT2D eigenvalue weighted by molar-refractivity contribution is -0.116. The van der Waals surface area contributed by atoms with E-state index in [1.54, 1.807) is 52.9 Å². The molecule has 2 aromatic heterocycles. The molecule has 27 heavy (non-hydrogen) atoms. The summed E-state index contributed by atoms with van der Waals surface area (Å²) >= 11 is 7.19. The zero-order valence-electron chi connectivity index (χ0n) is 14.1. The summed E-state index contributed by atoms with van der Waals surface area (Å²) in [5.74, 6) is 0.349. The van der Waals surface area contributed by atoms with Crippen molar-refractivity contribution in [2.75, 3.05) is 29.9 Å². The summed E-state index contributed by atoms with van der Waals surface area (Å²) in [7, 11) is 0. The quantitative estimate of drug-likeness (QED) is 0.701. The van der Waals surface area contributed by atoms with Crippen molar-refractivity contribution in [1.29, 1.82) is 0 Å². The van der Waals surface area contributed by atoms with Gasteiger partial charge in [-0.2, -0.15) is 0 Å². The number of rotatable bonds is 5. The van der Waals surface area contributed by atoms with Gasteiger partial charge in [0.05, 0.1) is 6.26 Å². The van der Waals surface area contributed by atoms with E-state index in [-0.39, 0.29) is 18.5 Å². The van der Waals surface area contributed by atoms with Crippen molar-refractivity contribution in [3.63, 3.8) is 0 Å². The molecule has 3 aromatic rings. The second kappa shape index (κ2) is 7.42. The van der Waals surface area contributed by atoms with E-state index in [1.165, 1.54) is 16.2 Å². The molecule has 0 spiro atoms. The van der Waals surface area contributed by atoms with E-state index in [0.717, 1.165) is 5.69 Å². The highest BCUT2D eigenvalue weighted by atomic mass is 35.5. The minimum atomic E-state index is -0.290. The molecule has 3 heterocycles. The highest BCUT2D eigenvalue weighted by molar-refractivity contribution is 7.14. The van der Waals surface area contributed by atoms with Crippen molar-refractivity contribution in [1.82, 2.24) is 9.88 Å². The Balaban J connectivity index is 1.36. The molecule has 1 N–H and O–H groups in total. The molecule has 0 bridgehead atoms. The van der Waals surface area contributed by atoms with Gasteiger partial charge < -0.3 is 14.6 Å². The molecule has 0 unspecified atom stereocenters. The molecule has 0 atom stereocenters. The summed E-state index contributed by atoms with van der Waals surface area (Å²) in [5.41, 5.74) is 1.42. The van der Waals surface area contributed by atoms with Crippen LogP contribution in [0.15, 0.2) is 52.5 Å². The maximum absolute atomic E-state index is 12.6. The molecular formula is C18H15ClN4O3S. The van der Waals surface area contributed by atoms with Crippen LogP contribution in [-0.4, -0.2) is 41.5 Å². The lowest BCUT2D eigenvalue weighted by atomic mass is 10.3. The van der Waals surface area contributed by atoms with Crippen molar-refractivity contribution in [3.8, 4) is 11.5 Å². The van der Waals surface area contributed by atoms with Gasteiger partial charge in [-0.1, -0.05) is 11.6 Å². The molecule has 138 valence electrons. The fourth-order valence-corrected chi connectivity index (χ4v) is 3.63. The fourth-order valence-electron chi connectivity index (χ4n) is 2.79. The first kappa shape index (κ1) is 17.6. The summed E-state index contributed by atoms with van der Waals surface area (Å²) in [6.07, 6.45) is 1.57. The molecule has 1 fully saturated rings. The summed E-state index contributed by atoms with van der Waals surface area (Å²) in [6, 6.07) is 10.4. The summed E-state index contributed by atoms with van der Waals surface area (Å²) in [6.45, 7) is 0.969. The van der Waals surface area contributed by atoms with Crippen LogP contribution in [0.1, 0.15) is 0 Å². The average Bonchev–Trinajstić information content (AvgIpc) is 3.38. The number of urea groups is 1.